The van der Waals surface area contributed by atoms with Gasteiger partial charge in [0.05, 0.1) is 11.8 Å². The first-order valence-electron chi connectivity index (χ1n) is 8.60. The number of anilines is 1. The number of carboxylic acid groups (broad SMARTS) is 1. The minimum Gasteiger partial charge on any atom is -0.478 e. The smallest absolute Gasteiger partial charge is 0.333 e. The highest BCUT2D eigenvalue weighted by atomic mass is 16.5. The summed E-state index contributed by atoms with van der Waals surface area (Å²) in [6, 6.07) is 5.77. The van der Waals surface area contributed by atoms with E-state index in [-0.39, 0.29) is 6.17 Å². The van der Waals surface area contributed by atoms with Crippen LogP contribution in [0.4, 0.5) is 5.69 Å². The number of ether oxygens (including phenoxy) is 1. The van der Waals surface area contributed by atoms with Crippen molar-refractivity contribution < 1.29 is 14.6 Å². The monoisotopic (exact) mass is 354 g/mol. The van der Waals surface area contributed by atoms with Crippen LogP contribution >= 0.6 is 0 Å². The molecule has 1 atom stereocenters. The Morgan fingerprint density at radius 2 is 2.27 bits per heavy atom. The molecule has 4 heterocycles. The van der Waals surface area contributed by atoms with Gasteiger partial charge in [0.15, 0.2) is 6.73 Å². The van der Waals surface area contributed by atoms with Gasteiger partial charge in [-0.1, -0.05) is 17.3 Å². The van der Waals surface area contributed by atoms with E-state index in [1.807, 2.05) is 39.2 Å². The van der Waals surface area contributed by atoms with Gasteiger partial charge in [-0.05, 0) is 24.5 Å². The van der Waals surface area contributed by atoms with Gasteiger partial charge in [0.25, 0.3) is 0 Å². The molecule has 0 radical (unpaired) electrons. The van der Waals surface area contributed by atoms with Crippen LogP contribution in [0.25, 0.3) is 0 Å². The van der Waals surface area contributed by atoms with Gasteiger partial charge in [0.1, 0.15) is 17.6 Å². The fourth-order valence-electron chi connectivity index (χ4n) is 3.90. The Balaban J connectivity index is 1.56. The van der Waals surface area contributed by atoms with E-state index in [0.29, 0.717) is 18.7 Å². The zero-order chi connectivity index (χ0) is 17.7. The second-order valence-electron chi connectivity index (χ2n) is 6.56. The molecular formula is C17H18N6O3. The van der Waals surface area contributed by atoms with Gasteiger partial charge in [-0.2, -0.15) is 5.01 Å². The minimum absolute atomic E-state index is 0.0263. The molecule has 3 aliphatic rings. The van der Waals surface area contributed by atoms with E-state index in [1.54, 1.807) is 12.4 Å². The number of aliphatic carboxylic acids is 1. The Bertz CT molecular complexity index is 881. The summed E-state index contributed by atoms with van der Waals surface area (Å²) in [5.41, 5.74) is 2.22. The molecule has 1 saturated heterocycles. The van der Waals surface area contributed by atoms with Gasteiger partial charge in [0, 0.05) is 25.4 Å². The summed E-state index contributed by atoms with van der Waals surface area (Å²) < 4.78 is 7.81. The van der Waals surface area contributed by atoms with E-state index in [9.17, 15) is 9.90 Å². The van der Waals surface area contributed by atoms with Crippen molar-refractivity contribution in [1.82, 2.24) is 25.1 Å². The van der Waals surface area contributed by atoms with E-state index in [1.165, 1.54) is 0 Å². The molecule has 0 aliphatic carbocycles. The molecule has 1 N–H and O–H groups in total. The molecule has 26 heavy (non-hydrogen) atoms. The lowest BCUT2D eigenvalue weighted by Gasteiger charge is -2.46. The Hall–Kier alpha value is -2.91. The average molecular weight is 354 g/mol. The average Bonchev–Trinajstić information content (AvgIpc) is 3.33. The molecule has 134 valence electrons. The lowest BCUT2D eigenvalue weighted by Crippen LogP contribution is -2.56. The molecule has 9 nitrogen and oxygen atoms in total. The maximum Gasteiger partial charge on any atom is 0.333 e. The molecule has 9 heteroatoms. The Labute approximate surface area is 149 Å². The van der Waals surface area contributed by atoms with Crippen molar-refractivity contribution in [3.05, 3.63) is 47.9 Å². The highest BCUT2D eigenvalue weighted by Gasteiger charge is 2.39. The zero-order valence-corrected chi connectivity index (χ0v) is 14.0. The molecule has 0 saturated carbocycles. The molecule has 0 unspecified atom stereocenters. The van der Waals surface area contributed by atoms with Crippen LogP contribution in [0, 0.1) is 0 Å². The summed E-state index contributed by atoms with van der Waals surface area (Å²) in [7, 11) is 0. The van der Waals surface area contributed by atoms with Gasteiger partial charge in [-0.3, -0.25) is 5.01 Å². The number of aromatic nitrogens is 3. The highest BCUT2D eigenvalue weighted by molar-refractivity contribution is 5.90. The topological polar surface area (TPSA) is 87.0 Å². The number of carbonyl (C=O) groups is 1. The summed E-state index contributed by atoms with van der Waals surface area (Å²) in [6.07, 6.45) is 7.59. The molecule has 0 amide bonds. The molecule has 2 aromatic rings. The standard InChI is InChI=1S/C17H18N6O3/c24-17(25)13-9-12-3-1-4-14-16(12)22(10-13)23(11-26-14)21-7-2-5-15(21)20-8-6-18-19-20/h1,3-4,6,8,10,15H,2,5,7,9,11H2,(H,24,25)/t15-/m0/s1. The van der Waals surface area contributed by atoms with Crippen molar-refractivity contribution >= 4 is 11.7 Å². The van der Waals surface area contributed by atoms with Crippen molar-refractivity contribution in [3.63, 3.8) is 0 Å². The fourth-order valence-corrected chi connectivity index (χ4v) is 3.90. The summed E-state index contributed by atoms with van der Waals surface area (Å²) in [6.45, 7) is 1.14. The largest absolute Gasteiger partial charge is 0.478 e. The van der Waals surface area contributed by atoms with Crippen LogP contribution in [0.5, 0.6) is 5.75 Å². The van der Waals surface area contributed by atoms with Gasteiger partial charge < -0.3 is 9.84 Å². The summed E-state index contributed by atoms with van der Waals surface area (Å²) in [4.78, 5) is 11.6. The van der Waals surface area contributed by atoms with Crippen LogP contribution in [0.15, 0.2) is 42.4 Å². The SMILES string of the molecule is O=C(O)C1=CN2c3c(cccc3OCN2N2CCC[C@H]2n2ccnn2)C1. The number of para-hydroxylation sites is 1. The van der Waals surface area contributed by atoms with Crippen LogP contribution in [0.3, 0.4) is 0 Å². The van der Waals surface area contributed by atoms with Crippen LogP contribution in [0.1, 0.15) is 24.6 Å². The fraction of sp³-hybridized carbons (Fsp3) is 0.353. The van der Waals surface area contributed by atoms with Crippen molar-refractivity contribution in [2.45, 2.75) is 25.4 Å². The Kier molecular flexibility index (Phi) is 3.44. The van der Waals surface area contributed by atoms with Gasteiger partial charge in [-0.25, -0.2) is 9.48 Å². The first-order valence-corrected chi connectivity index (χ1v) is 8.60. The third-order valence-corrected chi connectivity index (χ3v) is 5.07. The number of rotatable bonds is 3. The predicted octanol–water partition coefficient (Wildman–Crippen LogP) is 1.39. The minimum atomic E-state index is -0.901. The number of nitrogens with zero attached hydrogens (tertiary/aromatic N) is 6. The maximum atomic E-state index is 11.6. The number of benzene rings is 1. The van der Waals surface area contributed by atoms with E-state index < -0.39 is 5.97 Å². The third kappa shape index (κ3) is 2.28. The molecule has 1 fully saturated rings. The van der Waals surface area contributed by atoms with Crippen molar-refractivity contribution in [2.75, 3.05) is 18.3 Å². The van der Waals surface area contributed by atoms with E-state index in [4.69, 9.17) is 4.74 Å². The maximum absolute atomic E-state index is 11.6. The lowest BCUT2D eigenvalue weighted by molar-refractivity contribution is -0.133. The third-order valence-electron chi connectivity index (χ3n) is 5.07. The van der Waals surface area contributed by atoms with Crippen molar-refractivity contribution in [3.8, 4) is 5.75 Å². The van der Waals surface area contributed by atoms with E-state index >= 15 is 0 Å². The quantitative estimate of drug-likeness (QED) is 0.885. The van der Waals surface area contributed by atoms with Crippen molar-refractivity contribution in [1.29, 1.82) is 0 Å². The molecule has 1 aromatic carbocycles. The number of hydrazine groups is 2. The zero-order valence-electron chi connectivity index (χ0n) is 14.0. The second-order valence-corrected chi connectivity index (χ2v) is 6.56. The molecule has 0 spiro atoms. The number of hydrogen-bond acceptors (Lipinski definition) is 7. The van der Waals surface area contributed by atoms with Crippen molar-refractivity contribution in [2.24, 2.45) is 0 Å². The molecule has 5 rings (SSSR count). The van der Waals surface area contributed by atoms with Gasteiger partial charge in [0.2, 0.25) is 0 Å². The summed E-state index contributed by atoms with van der Waals surface area (Å²) in [5, 5.41) is 23.6. The van der Waals surface area contributed by atoms with Crippen LogP contribution in [0.2, 0.25) is 0 Å². The lowest BCUT2D eigenvalue weighted by atomic mass is 9.99. The molecule has 3 aliphatic heterocycles. The molecular weight excluding hydrogens is 336 g/mol. The van der Waals surface area contributed by atoms with Crippen LogP contribution in [-0.4, -0.2) is 49.5 Å². The number of hydrogen-bond donors (Lipinski definition) is 1. The van der Waals surface area contributed by atoms with Crippen LogP contribution < -0.4 is 9.75 Å². The van der Waals surface area contributed by atoms with Crippen LogP contribution in [-0.2, 0) is 11.2 Å². The van der Waals surface area contributed by atoms with Gasteiger partial charge >= 0.3 is 5.97 Å². The first-order chi connectivity index (χ1) is 12.7. The normalized spacial score (nSPS) is 22.7. The summed E-state index contributed by atoms with van der Waals surface area (Å²) >= 11 is 0. The Morgan fingerprint density at radius 1 is 1.35 bits per heavy atom. The van der Waals surface area contributed by atoms with Gasteiger partial charge in [-0.15, -0.1) is 10.2 Å². The molecule has 1 aromatic heterocycles. The number of carboxylic acids is 1. The second kappa shape index (κ2) is 5.82. The first kappa shape index (κ1) is 15.4. The summed E-state index contributed by atoms with van der Waals surface area (Å²) in [5.74, 6) is -0.127. The van der Waals surface area contributed by atoms with E-state index in [2.05, 4.69) is 15.3 Å². The molecule has 0 bridgehead atoms. The predicted molar refractivity (Wildman–Crippen MR) is 90.7 cm³/mol. The Morgan fingerprint density at radius 3 is 3.08 bits per heavy atom. The highest BCUT2D eigenvalue weighted by Crippen LogP contribution is 2.43. The van der Waals surface area contributed by atoms with E-state index in [0.717, 1.165) is 36.4 Å².